The molecule has 0 fully saturated rings. The third-order valence-electron chi connectivity index (χ3n) is 4.60. The summed E-state index contributed by atoms with van der Waals surface area (Å²) in [6.07, 6.45) is 0.133. The van der Waals surface area contributed by atoms with Gasteiger partial charge in [0, 0.05) is 19.0 Å². The number of carbonyl (C=O) groups excluding carboxylic acids is 1. The van der Waals surface area contributed by atoms with Crippen LogP contribution in [0.25, 0.3) is 0 Å². The molecule has 0 saturated carbocycles. The molecule has 1 aromatic heterocycles. The molecule has 32 heavy (non-hydrogen) atoms. The molecular formula is C23H24F2N2O4S. The van der Waals surface area contributed by atoms with Crippen molar-refractivity contribution in [1.82, 2.24) is 9.88 Å². The molecule has 0 spiro atoms. The minimum atomic E-state index is -2.97. The summed E-state index contributed by atoms with van der Waals surface area (Å²) in [7, 11) is 3.02. The number of hydrogen-bond donors (Lipinski definition) is 0. The van der Waals surface area contributed by atoms with E-state index in [-0.39, 0.29) is 30.4 Å². The molecule has 0 bridgehead atoms. The van der Waals surface area contributed by atoms with Crippen molar-refractivity contribution >= 4 is 17.2 Å². The lowest BCUT2D eigenvalue weighted by Crippen LogP contribution is -2.27. The molecular weight excluding hydrogens is 438 g/mol. The van der Waals surface area contributed by atoms with Crippen LogP contribution in [0.15, 0.2) is 47.8 Å². The van der Waals surface area contributed by atoms with Crippen LogP contribution in [-0.4, -0.2) is 36.6 Å². The van der Waals surface area contributed by atoms with E-state index >= 15 is 0 Å². The summed E-state index contributed by atoms with van der Waals surface area (Å²) in [5.74, 6) is 0.746. The van der Waals surface area contributed by atoms with E-state index in [0.717, 1.165) is 16.3 Å². The van der Waals surface area contributed by atoms with Gasteiger partial charge in [-0.2, -0.15) is 8.78 Å². The number of amides is 1. The number of alkyl halides is 2. The number of methoxy groups -OCH3 is 1. The Bertz CT molecular complexity index is 1040. The van der Waals surface area contributed by atoms with Crippen LogP contribution in [0, 0.1) is 6.92 Å². The van der Waals surface area contributed by atoms with Crippen LogP contribution >= 0.6 is 11.3 Å². The van der Waals surface area contributed by atoms with Crippen molar-refractivity contribution < 1.29 is 27.8 Å². The molecule has 1 amide bonds. The molecule has 6 nitrogen and oxygen atoms in total. The van der Waals surface area contributed by atoms with Crippen molar-refractivity contribution in [2.24, 2.45) is 0 Å². The Morgan fingerprint density at radius 3 is 2.59 bits per heavy atom. The number of ether oxygens (including phenoxy) is 3. The minimum absolute atomic E-state index is 0.0708. The first-order chi connectivity index (χ1) is 15.3. The number of rotatable bonds is 10. The number of benzene rings is 2. The molecule has 0 unspecified atom stereocenters. The lowest BCUT2D eigenvalue weighted by Gasteiger charge is -2.18. The van der Waals surface area contributed by atoms with Crippen LogP contribution in [0.4, 0.5) is 8.78 Å². The number of nitrogens with zero attached hydrogens (tertiary/aromatic N) is 2. The third kappa shape index (κ3) is 6.65. The van der Waals surface area contributed by atoms with Gasteiger partial charge in [-0.25, -0.2) is 4.98 Å². The van der Waals surface area contributed by atoms with Gasteiger partial charge >= 0.3 is 6.61 Å². The van der Waals surface area contributed by atoms with E-state index in [1.165, 1.54) is 35.5 Å². The first kappa shape index (κ1) is 23.5. The van der Waals surface area contributed by atoms with Crippen molar-refractivity contribution in [1.29, 1.82) is 0 Å². The van der Waals surface area contributed by atoms with Gasteiger partial charge in [0.25, 0.3) is 0 Å². The molecule has 3 rings (SSSR count). The van der Waals surface area contributed by atoms with Gasteiger partial charge in [0.2, 0.25) is 5.91 Å². The maximum Gasteiger partial charge on any atom is 0.387 e. The second-order valence-corrected chi connectivity index (χ2v) is 8.07. The summed E-state index contributed by atoms with van der Waals surface area (Å²) >= 11 is 1.43. The van der Waals surface area contributed by atoms with Crippen LogP contribution in [0.3, 0.4) is 0 Å². The Kier molecular flexibility index (Phi) is 7.99. The molecule has 170 valence electrons. The lowest BCUT2D eigenvalue weighted by molar-refractivity contribution is -0.129. The monoisotopic (exact) mass is 462 g/mol. The summed E-state index contributed by atoms with van der Waals surface area (Å²) in [6.45, 7) is -0.394. The maximum atomic E-state index is 12.6. The van der Waals surface area contributed by atoms with Gasteiger partial charge in [0.05, 0.1) is 19.2 Å². The van der Waals surface area contributed by atoms with Crippen LogP contribution in [-0.2, 0) is 24.4 Å². The van der Waals surface area contributed by atoms with Gasteiger partial charge in [0.15, 0.2) is 11.5 Å². The molecule has 2 aromatic carbocycles. The van der Waals surface area contributed by atoms with Crippen LogP contribution in [0.5, 0.6) is 17.2 Å². The fourth-order valence-corrected chi connectivity index (χ4v) is 3.64. The Morgan fingerprint density at radius 2 is 1.91 bits per heavy atom. The van der Waals surface area contributed by atoms with E-state index in [1.807, 2.05) is 36.6 Å². The summed E-state index contributed by atoms with van der Waals surface area (Å²) in [5, 5.41) is 2.61. The van der Waals surface area contributed by atoms with E-state index in [9.17, 15) is 13.6 Å². The fraction of sp³-hybridized carbons (Fsp3) is 0.304. The molecule has 1 heterocycles. The number of halogens is 2. The molecule has 0 aliphatic rings. The second kappa shape index (κ2) is 10.9. The van der Waals surface area contributed by atoms with Crippen molar-refractivity contribution in [2.45, 2.75) is 33.1 Å². The van der Waals surface area contributed by atoms with Crippen LogP contribution in [0.2, 0.25) is 0 Å². The molecule has 0 saturated heterocycles. The predicted molar refractivity (Wildman–Crippen MR) is 117 cm³/mol. The van der Waals surface area contributed by atoms with Gasteiger partial charge in [-0.3, -0.25) is 4.79 Å². The molecule has 0 aliphatic heterocycles. The average Bonchev–Trinajstić information content (AvgIpc) is 3.20. The molecule has 0 atom stereocenters. The first-order valence-corrected chi connectivity index (χ1v) is 10.7. The minimum Gasteiger partial charge on any atom is -0.493 e. The highest BCUT2D eigenvalue weighted by Crippen LogP contribution is 2.30. The summed E-state index contributed by atoms with van der Waals surface area (Å²) < 4.78 is 40.5. The van der Waals surface area contributed by atoms with Crippen LogP contribution in [0.1, 0.15) is 21.8 Å². The summed E-state index contributed by atoms with van der Waals surface area (Å²) in [6, 6.07) is 12.4. The highest BCUT2D eigenvalue weighted by Gasteiger charge is 2.16. The Hall–Kier alpha value is -3.20. The number of likely N-dealkylation sites (N-methyl/N-ethyl adjacent to an activating group) is 1. The number of aryl methyl sites for hydroxylation is 1. The molecule has 3 aromatic rings. The zero-order valence-corrected chi connectivity index (χ0v) is 18.8. The summed E-state index contributed by atoms with van der Waals surface area (Å²) in [5.41, 5.74) is 2.46. The fourth-order valence-electron chi connectivity index (χ4n) is 2.94. The van der Waals surface area contributed by atoms with Crippen LogP contribution < -0.4 is 14.2 Å². The van der Waals surface area contributed by atoms with E-state index in [2.05, 4.69) is 9.72 Å². The van der Waals surface area contributed by atoms with Gasteiger partial charge < -0.3 is 19.1 Å². The third-order valence-corrected chi connectivity index (χ3v) is 5.48. The van der Waals surface area contributed by atoms with E-state index < -0.39 is 6.61 Å². The van der Waals surface area contributed by atoms with Crippen molar-refractivity contribution in [2.75, 3.05) is 14.2 Å². The largest absolute Gasteiger partial charge is 0.493 e. The topological polar surface area (TPSA) is 60.9 Å². The number of aromatic nitrogens is 1. The zero-order chi connectivity index (χ0) is 23.1. The predicted octanol–water partition coefficient (Wildman–Crippen LogP) is 4.84. The van der Waals surface area contributed by atoms with Crippen molar-refractivity contribution in [3.63, 3.8) is 0 Å². The second-order valence-electron chi connectivity index (χ2n) is 7.12. The Balaban J connectivity index is 1.55. The van der Waals surface area contributed by atoms with E-state index in [1.54, 1.807) is 13.1 Å². The van der Waals surface area contributed by atoms with Gasteiger partial charge in [-0.05, 0) is 36.8 Å². The molecule has 0 aliphatic carbocycles. The van der Waals surface area contributed by atoms with Gasteiger partial charge in [0.1, 0.15) is 17.4 Å². The quantitative estimate of drug-likeness (QED) is 0.431. The highest BCUT2D eigenvalue weighted by molar-refractivity contribution is 7.09. The molecule has 0 N–H and O–H groups in total. The highest BCUT2D eigenvalue weighted by atomic mass is 32.1. The Morgan fingerprint density at radius 1 is 1.16 bits per heavy atom. The van der Waals surface area contributed by atoms with Gasteiger partial charge in [-0.15, -0.1) is 11.3 Å². The van der Waals surface area contributed by atoms with E-state index in [4.69, 9.17) is 9.47 Å². The van der Waals surface area contributed by atoms with Crippen molar-refractivity contribution in [3.05, 3.63) is 69.7 Å². The standard InChI is InChI=1S/C23H24F2N2O4S/c1-15-4-7-18(8-5-15)30-13-21-26-17(14-32-21)11-22(28)27(2)12-16-6-9-19(29-3)20(10-16)31-23(24)25/h4-10,14,23H,11-13H2,1-3H3. The Labute approximate surface area is 189 Å². The zero-order valence-electron chi connectivity index (χ0n) is 18.0. The smallest absolute Gasteiger partial charge is 0.387 e. The average molecular weight is 463 g/mol. The SMILES string of the molecule is COc1ccc(CN(C)C(=O)Cc2csc(COc3ccc(C)cc3)n2)cc1OC(F)F. The lowest BCUT2D eigenvalue weighted by atomic mass is 10.2. The molecule has 0 radical (unpaired) electrons. The van der Waals surface area contributed by atoms with E-state index in [0.29, 0.717) is 17.9 Å². The summed E-state index contributed by atoms with van der Waals surface area (Å²) in [4.78, 5) is 18.6. The van der Waals surface area contributed by atoms with Crippen molar-refractivity contribution in [3.8, 4) is 17.2 Å². The van der Waals surface area contributed by atoms with Gasteiger partial charge in [-0.1, -0.05) is 23.8 Å². The normalized spacial score (nSPS) is 10.8. The number of hydrogen-bond acceptors (Lipinski definition) is 6. The molecule has 9 heteroatoms. The number of thiazole rings is 1. The maximum absolute atomic E-state index is 12.6. The number of carbonyl (C=O) groups is 1. The first-order valence-electron chi connectivity index (χ1n) is 9.82.